The molecule has 0 N–H and O–H groups in total. The number of rotatable bonds is 12. The quantitative estimate of drug-likeness (QED) is 0.462. The summed E-state index contributed by atoms with van der Waals surface area (Å²) in [4.78, 5) is 2.44. The fourth-order valence-electron chi connectivity index (χ4n) is 2.26. The molecular weight excluding hydrogens is 234 g/mol. The Kier molecular flexibility index (Phi) is 10.0. The lowest BCUT2D eigenvalue weighted by Crippen LogP contribution is -2.40. The van der Waals surface area contributed by atoms with Gasteiger partial charge in [0.2, 0.25) is 0 Å². The third kappa shape index (κ3) is 6.47. The lowest BCUT2D eigenvalue weighted by Gasteiger charge is -2.38. The van der Waals surface area contributed by atoms with Crippen molar-refractivity contribution in [2.75, 3.05) is 19.7 Å². The van der Waals surface area contributed by atoms with Crippen LogP contribution in [-0.4, -0.2) is 30.2 Å². The Morgan fingerprint density at radius 3 is 2.16 bits per heavy atom. The van der Waals surface area contributed by atoms with E-state index < -0.39 is 0 Å². The van der Waals surface area contributed by atoms with Crippen molar-refractivity contribution in [3.63, 3.8) is 0 Å². The average molecular weight is 269 g/mol. The molecule has 0 aromatic heterocycles. The minimum atomic E-state index is -0.197. The summed E-state index contributed by atoms with van der Waals surface area (Å²) in [6, 6.07) is 0. The Labute approximate surface area is 121 Å². The van der Waals surface area contributed by atoms with Crippen molar-refractivity contribution < 1.29 is 4.74 Å². The summed E-state index contributed by atoms with van der Waals surface area (Å²) >= 11 is 0. The molecule has 0 amide bonds. The van der Waals surface area contributed by atoms with E-state index in [0.717, 1.165) is 32.5 Å². The first-order valence-electron chi connectivity index (χ1n) is 8.13. The van der Waals surface area contributed by atoms with E-state index in [1.807, 2.05) is 0 Å². The fourth-order valence-corrected chi connectivity index (χ4v) is 2.26. The van der Waals surface area contributed by atoms with Gasteiger partial charge in [-0.1, -0.05) is 47.1 Å². The minimum absolute atomic E-state index is 0.197. The Morgan fingerprint density at radius 1 is 1.00 bits per heavy atom. The summed E-state index contributed by atoms with van der Waals surface area (Å²) in [6.07, 6.45) is 7.03. The van der Waals surface area contributed by atoms with Crippen molar-refractivity contribution in [3.05, 3.63) is 12.3 Å². The Balaban J connectivity index is 4.62. The average Bonchev–Trinajstić information content (AvgIpc) is 2.43. The van der Waals surface area contributed by atoms with Crippen LogP contribution in [0.1, 0.15) is 73.1 Å². The second kappa shape index (κ2) is 10.3. The van der Waals surface area contributed by atoms with Crippen LogP contribution in [0.2, 0.25) is 0 Å². The van der Waals surface area contributed by atoms with Crippen LogP contribution < -0.4 is 0 Å². The molecule has 0 aliphatic carbocycles. The predicted molar refractivity (Wildman–Crippen MR) is 85.5 cm³/mol. The largest absolute Gasteiger partial charge is 0.373 e. The van der Waals surface area contributed by atoms with E-state index >= 15 is 0 Å². The molecule has 0 saturated carbocycles. The first kappa shape index (κ1) is 18.5. The second-order valence-corrected chi connectivity index (χ2v) is 5.57. The first-order valence-corrected chi connectivity index (χ1v) is 8.13. The van der Waals surface area contributed by atoms with Crippen molar-refractivity contribution >= 4 is 0 Å². The normalized spacial score (nSPS) is 14.2. The molecule has 0 radical (unpaired) electrons. The molecule has 0 fully saturated rings. The first-order chi connectivity index (χ1) is 9.05. The van der Waals surface area contributed by atoms with Crippen molar-refractivity contribution in [1.29, 1.82) is 0 Å². The molecule has 0 aliphatic rings. The van der Waals surface area contributed by atoms with Crippen LogP contribution in [0, 0.1) is 0 Å². The summed E-state index contributed by atoms with van der Waals surface area (Å²) in [5.74, 6) is 0. The summed E-state index contributed by atoms with van der Waals surface area (Å²) in [7, 11) is 0. The maximum Gasteiger partial charge on any atom is 0.104 e. The molecule has 0 unspecified atom stereocenters. The third-order valence-electron chi connectivity index (χ3n) is 3.82. The maximum absolute atomic E-state index is 6.08. The zero-order valence-electron chi connectivity index (χ0n) is 13.9. The van der Waals surface area contributed by atoms with Gasteiger partial charge in [-0.2, -0.15) is 0 Å². The second-order valence-electron chi connectivity index (χ2n) is 5.57. The molecule has 2 heteroatoms. The third-order valence-corrected chi connectivity index (χ3v) is 3.82. The van der Waals surface area contributed by atoms with Gasteiger partial charge in [-0.25, -0.2) is 0 Å². The molecule has 0 bridgehead atoms. The van der Waals surface area contributed by atoms with Crippen molar-refractivity contribution in [2.45, 2.75) is 78.7 Å². The van der Waals surface area contributed by atoms with Crippen LogP contribution >= 0.6 is 0 Å². The van der Waals surface area contributed by atoms with E-state index in [2.05, 4.69) is 46.1 Å². The lowest BCUT2D eigenvalue weighted by molar-refractivity contribution is -0.0248. The SMILES string of the molecule is C=C(N(CCC)CCCCC)[C@@](C)(CC)OCCC. The van der Waals surface area contributed by atoms with Gasteiger partial charge in [-0.3, -0.25) is 0 Å². The zero-order valence-corrected chi connectivity index (χ0v) is 13.9. The number of hydrogen-bond acceptors (Lipinski definition) is 2. The number of nitrogens with zero attached hydrogens (tertiary/aromatic N) is 1. The smallest absolute Gasteiger partial charge is 0.104 e. The summed E-state index contributed by atoms with van der Waals surface area (Å²) in [5.41, 5.74) is 0.971. The van der Waals surface area contributed by atoms with Gasteiger partial charge < -0.3 is 9.64 Å². The minimum Gasteiger partial charge on any atom is -0.373 e. The summed E-state index contributed by atoms with van der Waals surface area (Å²) in [5, 5.41) is 0. The van der Waals surface area contributed by atoms with Crippen molar-refractivity contribution in [1.82, 2.24) is 4.90 Å². The van der Waals surface area contributed by atoms with Gasteiger partial charge in [0.25, 0.3) is 0 Å². The number of ether oxygens (including phenoxy) is 1. The van der Waals surface area contributed by atoms with Gasteiger partial charge in [0.1, 0.15) is 5.60 Å². The molecule has 1 atom stereocenters. The van der Waals surface area contributed by atoms with E-state index in [1.54, 1.807) is 0 Å². The standard InChI is InChI=1S/C17H35NO/c1-7-11-12-14-18(13-8-2)16(5)17(6,10-4)19-15-9-3/h5,7-15H2,1-4,6H3/t17-/m1/s1. The molecule has 0 aliphatic heterocycles. The van der Waals surface area contributed by atoms with Crippen LogP contribution in [0.4, 0.5) is 0 Å². The van der Waals surface area contributed by atoms with E-state index in [9.17, 15) is 0 Å². The summed E-state index contributed by atoms with van der Waals surface area (Å²) in [6.45, 7) is 18.4. The van der Waals surface area contributed by atoms with Gasteiger partial charge in [0, 0.05) is 25.4 Å². The van der Waals surface area contributed by atoms with Gasteiger partial charge in [-0.05, 0) is 32.6 Å². The number of hydrogen-bond donors (Lipinski definition) is 0. The lowest BCUT2D eigenvalue weighted by atomic mass is 9.97. The van der Waals surface area contributed by atoms with Crippen LogP contribution in [-0.2, 0) is 4.74 Å². The predicted octanol–water partition coefficient (Wildman–Crippen LogP) is 5.00. The molecule has 19 heavy (non-hydrogen) atoms. The van der Waals surface area contributed by atoms with Crippen LogP contribution in [0.15, 0.2) is 12.3 Å². The molecule has 0 aromatic carbocycles. The van der Waals surface area contributed by atoms with Gasteiger partial charge in [-0.15, -0.1) is 0 Å². The molecule has 0 heterocycles. The highest BCUT2D eigenvalue weighted by Gasteiger charge is 2.29. The molecular formula is C17H35NO. The highest BCUT2D eigenvalue weighted by molar-refractivity contribution is 5.10. The highest BCUT2D eigenvalue weighted by atomic mass is 16.5. The fraction of sp³-hybridized carbons (Fsp3) is 0.882. The molecule has 0 aromatic rings. The summed E-state index contributed by atoms with van der Waals surface area (Å²) < 4.78 is 6.08. The van der Waals surface area contributed by atoms with Crippen LogP contribution in [0.3, 0.4) is 0 Å². The van der Waals surface area contributed by atoms with E-state index in [1.165, 1.54) is 31.4 Å². The van der Waals surface area contributed by atoms with Gasteiger partial charge >= 0.3 is 0 Å². The Morgan fingerprint density at radius 2 is 1.68 bits per heavy atom. The van der Waals surface area contributed by atoms with E-state index in [0.29, 0.717) is 0 Å². The van der Waals surface area contributed by atoms with Gasteiger partial charge in [0.05, 0.1) is 0 Å². The molecule has 0 spiro atoms. The molecule has 114 valence electrons. The topological polar surface area (TPSA) is 12.5 Å². The molecule has 0 rings (SSSR count). The maximum atomic E-state index is 6.08. The molecule has 2 nitrogen and oxygen atoms in total. The Bertz CT molecular complexity index is 239. The van der Waals surface area contributed by atoms with Crippen LogP contribution in [0.25, 0.3) is 0 Å². The highest BCUT2D eigenvalue weighted by Crippen LogP contribution is 2.27. The number of unbranched alkanes of at least 4 members (excludes halogenated alkanes) is 2. The monoisotopic (exact) mass is 269 g/mol. The zero-order chi connectivity index (χ0) is 14.7. The Hall–Kier alpha value is -0.500. The van der Waals surface area contributed by atoms with Crippen molar-refractivity contribution in [2.24, 2.45) is 0 Å². The van der Waals surface area contributed by atoms with Crippen LogP contribution in [0.5, 0.6) is 0 Å². The van der Waals surface area contributed by atoms with E-state index in [4.69, 9.17) is 4.74 Å². The van der Waals surface area contributed by atoms with E-state index in [-0.39, 0.29) is 5.60 Å². The molecule has 0 saturated heterocycles. The van der Waals surface area contributed by atoms with Crippen molar-refractivity contribution in [3.8, 4) is 0 Å². The van der Waals surface area contributed by atoms with Gasteiger partial charge in [0.15, 0.2) is 0 Å².